The Morgan fingerprint density at radius 3 is 2.62 bits per heavy atom. The van der Waals surface area contributed by atoms with Gasteiger partial charge in [0.1, 0.15) is 31.0 Å². The molecule has 2 heterocycles. The van der Waals surface area contributed by atoms with E-state index in [1.807, 2.05) is 0 Å². The van der Waals surface area contributed by atoms with E-state index >= 15 is 0 Å². The average molecular weight is 304 g/mol. The van der Waals surface area contributed by atoms with Crippen LogP contribution in [0.3, 0.4) is 0 Å². The molecule has 8 nitrogen and oxygen atoms in total. The summed E-state index contributed by atoms with van der Waals surface area (Å²) in [6, 6.07) is 0. The van der Waals surface area contributed by atoms with Crippen LogP contribution in [0.25, 0.3) is 0 Å². The summed E-state index contributed by atoms with van der Waals surface area (Å²) < 4.78 is 15.6. The van der Waals surface area contributed by atoms with Gasteiger partial charge in [-0.1, -0.05) is 6.08 Å². The Morgan fingerprint density at radius 1 is 1.38 bits per heavy atom. The zero-order valence-electron chi connectivity index (χ0n) is 11.6. The number of ether oxygens (including phenoxy) is 3. The predicted molar refractivity (Wildman–Crippen MR) is 67.9 cm³/mol. The van der Waals surface area contributed by atoms with Crippen molar-refractivity contribution in [3.8, 4) is 0 Å². The van der Waals surface area contributed by atoms with Crippen LogP contribution >= 0.6 is 0 Å². The van der Waals surface area contributed by atoms with Crippen LogP contribution in [0.1, 0.15) is 6.92 Å². The second kappa shape index (κ2) is 5.99. The number of esters is 1. The lowest BCUT2D eigenvalue weighted by molar-refractivity contribution is -0.312. The first-order chi connectivity index (χ1) is 9.84. The van der Waals surface area contributed by atoms with Gasteiger partial charge in [-0.3, -0.25) is 0 Å². The smallest absolute Gasteiger partial charge is 0.336 e. The molecule has 0 saturated carbocycles. The normalized spacial score (nSPS) is 47.2. The minimum atomic E-state index is -1.56. The lowest BCUT2D eigenvalue weighted by Gasteiger charge is -2.41. The van der Waals surface area contributed by atoms with Crippen LogP contribution in [0, 0.1) is 5.41 Å². The van der Waals surface area contributed by atoms with Crippen LogP contribution < -0.4 is 0 Å². The molecule has 2 saturated heterocycles. The van der Waals surface area contributed by atoms with Gasteiger partial charge in [0.15, 0.2) is 12.4 Å². The standard InChI is InChI=1S/C13H20O8/c1-3-13(2)5-19-11(18)10(13)21-12-9(17)8(16)7(15)6(4-14)20-12/h3,6-10,12,14-17H,1,4-5H2,2H3. The molecule has 120 valence electrons. The molecule has 0 aromatic carbocycles. The molecule has 0 aliphatic carbocycles. The average Bonchev–Trinajstić information content (AvgIpc) is 2.76. The Morgan fingerprint density at radius 2 is 2.05 bits per heavy atom. The lowest BCUT2D eigenvalue weighted by atomic mass is 9.87. The molecule has 7 atom stereocenters. The molecule has 0 aromatic heterocycles. The predicted octanol–water partition coefficient (Wildman–Crippen LogP) is -2.08. The molecule has 21 heavy (non-hydrogen) atoms. The van der Waals surface area contributed by atoms with Gasteiger partial charge in [0.2, 0.25) is 0 Å². The van der Waals surface area contributed by atoms with Crippen molar-refractivity contribution < 1.29 is 39.4 Å². The molecular weight excluding hydrogens is 284 g/mol. The van der Waals surface area contributed by atoms with E-state index < -0.39 is 54.8 Å². The summed E-state index contributed by atoms with van der Waals surface area (Å²) in [6.45, 7) is 4.83. The second-order valence-electron chi connectivity index (χ2n) is 5.53. The highest BCUT2D eigenvalue weighted by atomic mass is 16.7. The number of carbonyl (C=O) groups excluding carboxylic acids is 1. The van der Waals surface area contributed by atoms with Crippen molar-refractivity contribution in [2.24, 2.45) is 5.41 Å². The molecule has 2 fully saturated rings. The van der Waals surface area contributed by atoms with Crippen molar-refractivity contribution >= 4 is 5.97 Å². The minimum absolute atomic E-state index is 0.0808. The highest BCUT2D eigenvalue weighted by molar-refractivity contribution is 5.78. The van der Waals surface area contributed by atoms with E-state index in [9.17, 15) is 20.1 Å². The van der Waals surface area contributed by atoms with Crippen molar-refractivity contribution in [2.45, 2.75) is 43.7 Å². The minimum Gasteiger partial charge on any atom is -0.463 e. The van der Waals surface area contributed by atoms with Gasteiger partial charge in [-0.2, -0.15) is 0 Å². The summed E-state index contributed by atoms with van der Waals surface area (Å²) in [7, 11) is 0. The molecule has 0 radical (unpaired) electrons. The second-order valence-corrected chi connectivity index (χ2v) is 5.53. The molecule has 0 amide bonds. The van der Waals surface area contributed by atoms with Crippen LogP contribution in [0.15, 0.2) is 12.7 Å². The Kier molecular flexibility index (Phi) is 4.66. The van der Waals surface area contributed by atoms with Crippen LogP contribution in [0.4, 0.5) is 0 Å². The fraction of sp³-hybridized carbons (Fsp3) is 0.769. The quantitative estimate of drug-likeness (QED) is 0.344. The van der Waals surface area contributed by atoms with Crippen LogP contribution in [-0.2, 0) is 19.0 Å². The highest BCUT2D eigenvalue weighted by Crippen LogP contribution is 2.35. The maximum Gasteiger partial charge on any atom is 0.336 e. The van der Waals surface area contributed by atoms with Crippen LogP contribution in [0.5, 0.6) is 0 Å². The first kappa shape index (κ1) is 16.3. The maximum absolute atomic E-state index is 11.7. The van der Waals surface area contributed by atoms with Crippen LogP contribution in [0.2, 0.25) is 0 Å². The lowest BCUT2D eigenvalue weighted by Crippen LogP contribution is -2.60. The van der Waals surface area contributed by atoms with Crippen molar-refractivity contribution in [1.82, 2.24) is 0 Å². The van der Waals surface area contributed by atoms with Gasteiger partial charge in [0, 0.05) is 0 Å². The number of hydrogen-bond donors (Lipinski definition) is 4. The number of aliphatic hydroxyl groups is 4. The fourth-order valence-corrected chi connectivity index (χ4v) is 2.34. The van der Waals surface area contributed by atoms with Gasteiger partial charge < -0.3 is 34.6 Å². The van der Waals surface area contributed by atoms with Gasteiger partial charge >= 0.3 is 5.97 Å². The summed E-state index contributed by atoms with van der Waals surface area (Å²) in [5.41, 5.74) is -0.796. The van der Waals surface area contributed by atoms with E-state index in [2.05, 4.69) is 6.58 Å². The first-order valence-electron chi connectivity index (χ1n) is 6.60. The van der Waals surface area contributed by atoms with Crippen molar-refractivity contribution in [1.29, 1.82) is 0 Å². The molecule has 2 rings (SSSR count). The Balaban J connectivity index is 2.14. The highest BCUT2D eigenvalue weighted by Gasteiger charge is 2.51. The maximum atomic E-state index is 11.7. The fourth-order valence-electron chi connectivity index (χ4n) is 2.34. The van der Waals surface area contributed by atoms with Crippen molar-refractivity contribution in [2.75, 3.05) is 13.2 Å². The van der Waals surface area contributed by atoms with Gasteiger partial charge in [-0.05, 0) is 6.92 Å². The summed E-state index contributed by atoms with van der Waals surface area (Å²) in [5.74, 6) is -0.630. The van der Waals surface area contributed by atoms with E-state index in [4.69, 9.17) is 19.3 Å². The molecule has 4 N–H and O–H groups in total. The number of carbonyl (C=O) groups is 1. The van der Waals surface area contributed by atoms with Crippen molar-refractivity contribution in [3.05, 3.63) is 12.7 Å². The van der Waals surface area contributed by atoms with Gasteiger partial charge in [-0.15, -0.1) is 6.58 Å². The van der Waals surface area contributed by atoms with Crippen molar-refractivity contribution in [3.63, 3.8) is 0 Å². The monoisotopic (exact) mass is 304 g/mol. The van der Waals surface area contributed by atoms with Gasteiger partial charge in [-0.25, -0.2) is 4.79 Å². The van der Waals surface area contributed by atoms with E-state index in [0.29, 0.717) is 0 Å². The summed E-state index contributed by atoms with van der Waals surface area (Å²) >= 11 is 0. The number of aliphatic hydroxyl groups excluding tert-OH is 4. The zero-order chi connectivity index (χ0) is 15.8. The third kappa shape index (κ3) is 2.83. The summed E-state index contributed by atoms with van der Waals surface area (Å²) in [6.07, 6.45) is -6.63. The third-order valence-electron chi connectivity index (χ3n) is 3.92. The van der Waals surface area contributed by atoms with Crippen LogP contribution in [-0.4, -0.2) is 76.4 Å². The molecule has 0 aromatic rings. The zero-order valence-corrected chi connectivity index (χ0v) is 11.6. The third-order valence-corrected chi connectivity index (χ3v) is 3.92. The first-order valence-corrected chi connectivity index (χ1v) is 6.60. The van der Waals surface area contributed by atoms with E-state index in [0.717, 1.165) is 0 Å². The van der Waals surface area contributed by atoms with E-state index in [1.165, 1.54) is 6.08 Å². The Bertz CT molecular complexity index is 411. The number of hydrogen-bond acceptors (Lipinski definition) is 8. The Hall–Kier alpha value is -1.03. The van der Waals surface area contributed by atoms with Gasteiger partial charge in [0.25, 0.3) is 0 Å². The Labute approximate surface area is 121 Å². The van der Waals surface area contributed by atoms with E-state index in [-0.39, 0.29) is 6.61 Å². The SMILES string of the molecule is C=CC1(C)COC(=O)C1OC1OC(CO)C(O)C(O)C1O. The summed E-state index contributed by atoms with van der Waals surface area (Å²) in [5, 5.41) is 38.4. The molecule has 7 unspecified atom stereocenters. The molecular formula is C13H20O8. The topological polar surface area (TPSA) is 126 Å². The largest absolute Gasteiger partial charge is 0.463 e. The molecule has 0 bridgehead atoms. The van der Waals surface area contributed by atoms with Gasteiger partial charge in [0.05, 0.1) is 12.0 Å². The number of rotatable bonds is 4. The molecule has 8 heteroatoms. The molecule has 2 aliphatic heterocycles. The molecule has 0 spiro atoms. The summed E-state index contributed by atoms with van der Waals surface area (Å²) in [4.78, 5) is 11.7. The molecule has 2 aliphatic rings. The van der Waals surface area contributed by atoms with E-state index in [1.54, 1.807) is 6.92 Å². The number of cyclic esters (lactones) is 1.